The van der Waals surface area contributed by atoms with E-state index in [1.807, 2.05) is 23.1 Å². The van der Waals surface area contributed by atoms with E-state index in [0.717, 1.165) is 30.0 Å². The zero-order valence-electron chi connectivity index (χ0n) is 11.1. The molecule has 4 rings (SSSR count). The van der Waals surface area contributed by atoms with E-state index in [1.165, 1.54) is 18.4 Å². The van der Waals surface area contributed by atoms with E-state index in [1.54, 1.807) is 0 Å². The first-order valence-electron chi connectivity index (χ1n) is 7.06. The number of benzene rings is 1. The first-order chi connectivity index (χ1) is 9.61. The molecule has 1 atom stereocenters. The Morgan fingerprint density at radius 2 is 2.25 bits per heavy atom. The molecule has 1 unspecified atom stereocenters. The Balaban J connectivity index is 1.82. The van der Waals surface area contributed by atoms with Crippen LogP contribution in [0.2, 0.25) is 5.02 Å². The Morgan fingerprint density at radius 1 is 1.45 bits per heavy atom. The maximum absolute atomic E-state index is 12.2. The Bertz CT molecular complexity index is 638. The van der Waals surface area contributed by atoms with Crippen LogP contribution in [0.3, 0.4) is 0 Å². The number of nitrogens with zero attached hydrogens (tertiary/aromatic N) is 2. The van der Waals surface area contributed by atoms with Gasteiger partial charge in [-0.25, -0.2) is 4.79 Å². The zero-order valence-corrected chi connectivity index (χ0v) is 11.9. The van der Waals surface area contributed by atoms with Crippen molar-refractivity contribution in [3.8, 4) is 0 Å². The van der Waals surface area contributed by atoms with Crippen LogP contribution in [0.25, 0.3) is 0 Å². The third-order valence-electron chi connectivity index (χ3n) is 4.74. The van der Waals surface area contributed by atoms with Crippen LogP contribution in [0.5, 0.6) is 0 Å². The van der Waals surface area contributed by atoms with Gasteiger partial charge in [-0.1, -0.05) is 17.7 Å². The molecule has 5 heteroatoms. The van der Waals surface area contributed by atoms with Gasteiger partial charge >= 0.3 is 6.03 Å². The van der Waals surface area contributed by atoms with E-state index in [-0.39, 0.29) is 6.03 Å². The van der Waals surface area contributed by atoms with Crippen molar-refractivity contribution >= 4 is 23.5 Å². The smallest absolute Gasteiger partial charge is 0.346 e. The first kappa shape index (κ1) is 12.2. The predicted molar refractivity (Wildman–Crippen MR) is 77.9 cm³/mol. The molecule has 3 aliphatic rings. The molecule has 0 bridgehead atoms. The quantitative estimate of drug-likeness (QED) is 0.910. The molecule has 1 fully saturated rings. The van der Waals surface area contributed by atoms with Crippen molar-refractivity contribution < 1.29 is 4.79 Å². The van der Waals surface area contributed by atoms with Gasteiger partial charge in [0, 0.05) is 11.6 Å². The molecule has 2 N–H and O–H groups in total. The lowest BCUT2D eigenvalue weighted by molar-refractivity contribution is 0.166. The van der Waals surface area contributed by atoms with Gasteiger partial charge in [0.2, 0.25) is 0 Å². The number of amidine groups is 1. The number of rotatable bonds is 2. The van der Waals surface area contributed by atoms with Gasteiger partial charge in [0.15, 0.2) is 0 Å². The highest BCUT2D eigenvalue weighted by Crippen LogP contribution is 2.47. The minimum Gasteiger partial charge on any atom is -0.385 e. The fourth-order valence-corrected chi connectivity index (χ4v) is 3.71. The Labute approximate surface area is 122 Å². The summed E-state index contributed by atoms with van der Waals surface area (Å²) < 4.78 is 0. The number of nitrogens with two attached hydrogens (primary N) is 1. The van der Waals surface area contributed by atoms with Crippen molar-refractivity contribution in [1.29, 1.82) is 0 Å². The molecule has 1 aromatic carbocycles. The second-order valence-electron chi connectivity index (χ2n) is 6.00. The molecule has 0 aromatic heterocycles. The molecule has 1 spiro atoms. The number of urea groups is 1. The molecule has 0 saturated heterocycles. The fraction of sp³-hybridized carbons (Fsp3) is 0.467. The van der Waals surface area contributed by atoms with Gasteiger partial charge in [0.25, 0.3) is 0 Å². The highest BCUT2D eigenvalue weighted by atomic mass is 35.5. The highest BCUT2D eigenvalue weighted by molar-refractivity contribution is 6.30. The SMILES string of the molecule is NC1=NC(=O)N(CC2CC2)C12CCc1cc(Cl)ccc12. The summed E-state index contributed by atoms with van der Waals surface area (Å²) in [5, 5.41) is 0.731. The van der Waals surface area contributed by atoms with Gasteiger partial charge in [0.05, 0.1) is 0 Å². The average molecular weight is 290 g/mol. The molecule has 1 aliphatic heterocycles. The number of carbonyl (C=O) groups excluding carboxylic acids is 1. The molecular weight excluding hydrogens is 274 g/mol. The average Bonchev–Trinajstić information content (AvgIpc) is 3.11. The minimum atomic E-state index is -0.514. The Kier molecular flexibility index (Phi) is 2.43. The minimum absolute atomic E-state index is 0.183. The maximum atomic E-state index is 12.2. The van der Waals surface area contributed by atoms with Crippen molar-refractivity contribution in [2.75, 3.05) is 6.54 Å². The normalized spacial score (nSPS) is 28.1. The molecule has 0 radical (unpaired) electrons. The van der Waals surface area contributed by atoms with Gasteiger partial charge in [-0.3, -0.25) is 0 Å². The van der Waals surface area contributed by atoms with E-state index in [9.17, 15) is 4.79 Å². The van der Waals surface area contributed by atoms with Gasteiger partial charge in [-0.2, -0.15) is 4.99 Å². The topological polar surface area (TPSA) is 58.7 Å². The lowest BCUT2D eigenvalue weighted by Gasteiger charge is -2.35. The van der Waals surface area contributed by atoms with Crippen LogP contribution >= 0.6 is 11.6 Å². The molecule has 4 nitrogen and oxygen atoms in total. The van der Waals surface area contributed by atoms with Crippen molar-refractivity contribution in [1.82, 2.24) is 4.90 Å². The lowest BCUT2D eigenvalue weighted by atomic mass is 9.89. The highest BCUT2D eigenvalue weighted by Gasteiger charge is 2.54. The summed E-state index contributed by atoms with van der Waals surface area (Å²) in [7, 11) is 0. The molecule has 2 aliphatic carbocycles. The van der Waals surface area contributed by atoms with E-state index >= 15 is 0 Å². The van der Waals surface area contributed by atoms with Crippen LogP contribution in [0.4, 0.5) is 4.79 Å². The van der Waals surface area contributed by atoms with E-state index in [4.69, 9.17) is 17.3 Å². The largest absolute Gasteiger partial charge is 0.385 e. The van der Waals surface area contributed by atoms with Crippen LogP contribution in [-0.2, 0) is 12.0 Å². The lowest BCUT2D eigenvalue weighted by Crippen LogP contribution is -2.50. The summed E-state index contributed by atoms with van der Waals surface area (Å²) in [6.07, 6.45) is 4.11. The number of aliphatic imine (C=N–C) groups is 1. The summed E-state index contributed by atoms with van der Waals surface area (Å²) in [5.41, 5.74) is 7.94. The number of hydrogen-bond donors (Lipinski definition) is 1. The number of halogens is 1. The number of aryl methyl sites for hydroxylation is 1. The maximum Gasteiger partial charge on any atom is 0.346 e. The number of amides is 2. The van der Waals surface area contributed by atoms with E-state index in [2.05, 4.69) is 4.99 Å². The molecule has 1 heterocycles. The van der Waals surface area contributed by atoms with Crippen molar-refractivity contribution in [2.24, 2.45) is 16.6 Å². The number of carbonyl (C=O) groups is 1. The molecular formula is C15H16ClN3O. The monoisotopic (exact) mass is 289 g/mol. The molecule has 20 heavy (non-hydrogen) atoms. The molecule has 104 valence electrons. The van der Waals surface area contributed by atoms with Gasteiger partial charge < -0.3 is 10.6 Å². The summed E-state index contributed by atoms with van der Waals surface area (Å²) in [4.78, 5) is 18.2. The number of fused-ring (bicyclic) bond motifs is 2. The summed E-state index contributed by atoms with van der Waals surface area (Å²) in [6, 6.07) is 5.68. The Morgan fingerprint density at radius 3 is 3.00 bits per heavy atom. The van der Waals surface area contributed by atoms with Crippen molar-refractivity contribution in [2.45, 2.75) is 31.2 Å². The fourth-order valence-electron chi connectivity index (χ4n) is 3.52. The second-order valence-corrected chi connectivity index (χ2v) is 6.43. The second kappa shape index (κ2) is 3.98. The summed E-state index contributed by atoms with van der Waals surface area (Å²) >= 11 is 6.07. The van der Waals surface area contributed by atoms with Gasteiger partial charge in [-0.15, -0.1) is 0 Å². The van der Waals surface area contributed by atoms with Crippen LogP contribution < -0.4 is 5.73 Å². The standard InChI is InChI=1S/C15H16ClN3O/c16-11-3-4-12-10(7-11)5-6-15(12)13(17)18-14(20)19(15)8-9-1-2-9/h3-4,7,9H,1-2,5-6,8H2,(H2,17,18,20). The zero-order chi connectivity index (χ0) is 13.9. The van der Waals surface area contributed by atoms with Crippen LogP contribution in [-0.4, -0.2) is 23.3 Å². The van der Waals surface area contributed by atoms with E-state index in [0.29, 0.717) is 11.8 Å². The van der Waals surface area contributed by atoms with Gasteiger partial charge in [-0.05, 0) is 54.9 Å². The third-order valence-corrected chi connectivity index (χ3v) is 4.97. The van der Waals surface area contributed by atoms with Gasteiger partial charge in [0.1, 0.15) is 11.4 Å². The molecule has 1 saturated carbocycles. The summed E-state index contributed by atoms with van der Waals surface area (Å²) in [6.45, 7) is 0.769. The number of hydrogen-bond acceptors (Lipinski definition) is 2. The first-order valence-corrected chi connectivity index (χ1v) is 7.44. The van der Waals surface area contributed by atoms with E-state index < -0.39 is 5.54 Å². The van der Waals surface area contributed by atoms with Crippen molar-refractivity contribution in [3.05, 3.63) is 34.3 Å². The predicted octanol–water partition coefficient (Wildman–Crippen LogP) is 2.68. The molecule has 2 amide bonds. The van der Waals surface area contributed by atoms with Crippen LogP contribution in [0, 0.1) is 5.92 Å². The van der Waals surface area contributed by atoms with Crippen LogP contribution in [0.1, 0.15) is 30.4 Å². The van der Waals surface area contributed by atoms with Crippen LogP contribution in [0.15, 0.2) is 23.2 Å². The molecule has 1 aromatic rings. The third kappa shape index (κ3) is 1.54. The summed E-state index contributed by atoms with van der Waals surface area (Å²) in [5.74, 6) is 1.07. The van der Waals surface area contributed by atoms with Crippen molar-refractivity contribution in [3.63, 3.8) is 0 Å². The Hall–Kier alpha value is -1.55.